The number of hydrogen-bond donors (Lipinski definition) is 1. The highest BCUT2D eigenvalue weighted by atomic mass is 32.2. The molecule has 0 spiro atoms. The van der Waals surface area contributed by atoms with Crippen LogP contribution in [0.1, 0.15) is 30.9 Å². The molecule has 0 amide bonds. The van der Waals surface area contributed by atoms with E-state index < -0.39 is 5.97 Å². The van der Waals surface area contributed by atoms with E-state index in [4.69, 9.17) is 14.5 Å². The lowest BCUT2D eigenvalue weighted by molar-refractivity contribution is -0.130. The second-order valence-corrected chi connectivity index (χ2v) is 7.80. The molecule has 0 unspecified atom stereocenters. The van der Waals surface area contributed by atoms with Crippen LogP contribution in [0, 0.1) is 5.92 Å². The SMILES string of the molecule is CO/C(C)=C(/C(=O)O)c1ccccc1CSC(=Nc1ccc(OC)cc1)C1CC1. The van der Waals surface area contributed by atoms with Gasteiger partial charge >= 0.3 is 5.97 Å². The van der Waals surface area contributed by atoms with E-state index >= 15 is 0 Å². The van der Waals surface area contributed by atoms with Crippen molar-refractivity contribution in [1.82, 2.24) is 0 Å². The molecule has 152 valence electrons. The highest BCUT2D eigenvalue weighted by molar-refractivity contribution is 8.13. The quantitative estimate of drug-likeness (QED) is 0.268. The fourth-order valence-electron chi connectivity index (χ4n) is 2.95. The van der Waals surface area contributed by atoms with Crippen molar-refractivity contribution in [2.75, 3.05) is 14.2 Å². The van der Waals surface area contributed by atoms with Crippen molar-refractivity contribution < 1.29 is 19.4 Å². The van der Waals surface area contributed by atoms with Crippen molar-refractivity contribution in [3.63, 3.8) is 0 Å². The van der Waals surface area contributed by atoms with Crippen molar-refractivity contribution in [3.8, 4) is 5.75 Å². The van der Waals surface area contributed by atoms with Gasteiger partial charge in [0.25, 0.3) is 0 Å². The van der Waals surface area contributed by atoms with Crippen LogP contribution in [0.4, 0.5) is 5.69 Å². The van der Waals surface area contributed by atoms with E-state index in [-0.39, 0.29) is 5.57 Å². The molecule has 0 atom stereocenters. The summed E-state index contributed by atoms with van der Waals surface area (Å²) in [6.45, 7) is 1.67. The lowest BCUT2D eigenvalue weighted by Crippen LogP contribution is -2.07. The Balaban J connectivity index is 1.84. The van der Waals surface area contributed by atoms with Crippen molar-refractivity contribution >= 4 is 34.0 Å². The molecule has 0 saturated heterocycles. The number of benzene rings is 2. The fraction of sp³-hybridized carbons (Fsp3) is 0.304. The summed E-state index contributed by atoms with van der Waals surface area (Å²) in [5, 5.41) is 10.8. The summed E-state index contributed by atoms with van der Waals surface area (Å²) in [6.07, 6.45) is 2.29. The van der Waals surface area contributed by atoms with Crippen molar-refractivity contribution in [3.05, 3.63) is 65.4 Å². The molecule has 5 nitrogen and oxygen atoms in total. The Bertz CT molecular complexity index is 930. The van der Waals surface area contributed by atoms with Gasteiger partial charge in [-0.1, -0.05) is 24.3 Å². The number of aliphatic imine (C=N–C) groups is 1. The van der Waals surface area contributed by atoms with Gasteiger partial charge in [-0.25, -0.2) is 9.79 Å². The maximum Gasteiger partial charge on any atom is 0.339 e. The van der Waals surface area contributed by atoms with Crippen LogP contribution in [-0.4, -0.2) is 30.3 Å². The molecule has 1 saturated carbocycles. The number of methoxy groups -OCH3 is 2. The number of allylic oxidation sites excluding steroid dienone is 1. The number of nitrogens with zero attached hydrogens (tertiary/aromatic N) is 1. The first-order valence-electron chi connectivity index (χ1n) is 9.45. The zero-order valence-electron chi connectivity index (χ0n) is 16.8. The zero-order valence-corrected chi connectivity index (χ0v) is 17.7. The first-order chi connectivity index (χ1) is 14.0. The van der Waals surface area contributed by atoms with Gasteiger partial charge in [0.2, 0.25) is 0 Å². The van der Waals surface area contributed by atoms with Crippen molar-refractivity contribution in [2.45, 2.75) is 25.5 Å². The van der Waals surface area contributed by atoms with E-state index in [1.54, 1.807) is 25.8 Å². The largest absolute Gasteiger partial charge is 0.500 e. The molecule has 1 fully saturated rings. The summed E-state index contributed by atoms with van der Waals surface area (Å²) in [5.41, 5.74) is 2.74. The molecule has 0 bridgehead atoms. The third kappa shape index (κ3) is 5.41. The smallest absolute Gasteiger partial charge is 0.339 e. The molecular weight excluding hydrogens is 386 g/mol. The van der Waals surface area contributed by atoms with Gasteiger partial charge in [0.1, 0.15) is 17.1 Å². The normalized spacial score (nSPS) is 14.9. The van der Waals surface area contributed by atoms with Crippen LogP contribution in [-0.2, 0) is 15.3 Å². The standard InChI is InChI=1S/C23H25NO4S/c1-15(27-2)21(23(25)26)20-7-5-4-6-17(20)14-29-22(16-8-9-16)24-18-10-12-19(28-3)13-11-18/h4-7,10-13,16H,8-9,14H2,1-3H3,(H,25,26)/b21-15+,24-22?. The minimum atomic E-state index is -0.990. The van der Waals surface area contributed by atoms with Gasteiger partial charge in [-0.15, -0.1) is 11.8 Å². The number of carboxylic acids is 1. The minimum Gasteiger partial charge on any atom is -0.500 e. The Morgan fingerprint density at radius 1 is 1.14 bits per heavy atom. The highest BCUT2D eigenvalue weighted by Gasteiger charge is 2.28. The molecule has 1 aliphatic carbocycles. The summed E-state index contributed by atoms with van der Waals surface area (Å²) in [6, 6.07) is 15.3. The second-order valence-electron chi connectivity index (χ2n) is 6.81. The molecule has 3 rings (SSSR count). The summed E-state index contributed by atoms with van der Waals surface area (Å²) >= 11 is 1.68. The predicted molar refractivity (Wildman–Crippen MR) is 118 cm³/mol. The Hall–Kier alpha value is -2.73. The molecule has 0 heterocycles. The van der Waals surface area contributed by atoms with Crippen LogP contribution in [0.2, 0.25) is 0 Å². The van der Waals surface area contributed by atoms with Crippen LogP contribution >= 0.6 is 11.8 Å². The third-order valence-electron chi connectivity index (χ3n) is 4.77. The van der Waals surface area contributed by atoms with E-state index in [0.717, 1.165) is 34.9 Å². The summed E-state index contributed by atoms with van der Waals surface area (Å²) in [5.74, 6) is 1.35. The summed E-state index contributed by atoms with van der Waals surface area (Å²) in [4.78, 5) is 16.7. The number of thioether (sulfide) groups is 1. The number of carboxylic acid groups (broad SMARTS) is 1. The number of aliphatic carboxylic acids is 1. The van der Waals surface area contributed by atoms with E-state index in [0.29, 0.717) is 23.0 Å². The average molecular weight is 412 g/mol. The lowest BCUT2D eigenvalue weighted by atomic mass is 10.00. The predicted octanol–water partition coefficient (Wildman–Crippen LogP) is 5.53. The fourth-order valence-corrected chi connectivity index (χ4v) is 4.15. The van der Waals surface area contributed by atoms with Gasteiger partial charge in [0, 0.05) is 11.7 Å². The zero-order chi connectivity index (χ0) is 20.8. The average Bonchev–Trinajstić information content (AvgIpc) is 3.57. The molecule has 0 aromatic heterocycles. The molecule has 2 aromatic carbocycles. The van der Waals surface area contributed by atoms with Gasteiger partial charge in [0.05, 0.1) is 25.0 Å². The van der Waals surface area contributed by atoms with Gasteiger partial charge in [-0.3, -0.25) is 0 Å². The Morgan fingerprint density at radius 3 is 2.41 bits per heavy atom. The van der Waals surface area contributed by atoms with Crippen molar-refractivity contribution in [1.29, 1.82) is 0 Å². The van der Waals surface area contributed by atoms with E-state index in [1.807, 2.05) is 48.5 Å². The van der Waals surface area contributed by atoms with E-state index in [2.05, 4.69) is 0 Å². The first kappa shape index (κ1) is 21.0. The summed E-state index contributed by atoms with van der Waals surface area (Å²) in [7, 11) is 3.13. The minimum absolute atomic E-state index is 0.198. The van der Waals surface area contributed by atoms with Gasteiger partial charge in [-0.05, 0) is 55.2 Å². The maximum absolute atomic E-state index is 11.8. The molecule has 2 aromatic rings. The maximum atomic E-state index is 11.8. The number of rotatable bonds is 8. The number of carbonyl (C=O) groups is 1. The van der Waals surface area contributed by atoms with Crippen LogP contribution in [0.3, 0.4) is 0 Å². The molecular formula is C23H25NO4S. The monoisotopic (exact) mass is 411 g/mol. The second kappa shape index (κ2) is 9.65. The van der Waals surface area contributed by atoms with Crippen molar-refractivity contribution in [2.24, 2.45) is 10.9 Å². The third-order valence-corrected chi connectivity index (χ3v) is 5.95. The molecule has 1 N–H and O–H groups in total. The number of ether oxygens (including phenoxy) is 2. The Kier molecular flexibility index (Phi) is 6.99. The van der Waals surface area contributed by atoms with E-state index in [9.17, 15) is 9.90 Å². The molecule has 29 heavy (non-hydrogen) atoms. The molecule has 6 heteroatoms. The number of hydrogen-bond acceptors (Lipinski definition) is 5. The molecule has 0 radical (unpaired) electrons. The summed E-state index contributed by atoms with van der Waals surface area (Å²) < 4.78 is 10.4. The van der Waals surface area contributed by atoms with E-state index in [1.165, 1.54) is 7.11 Å². The molecule has 0 aliphatic heterocycles. The Labute approximate surface area is 175 Å². The lowest BCUT2D eigenvalue weighted by Gasteiger charge is -2.13. The van der Waals surface area contributed by atoms with Gasteiger partial charge < -0.3 is 14.6 Å². The van der Waals surface area contributed by atoms with Crippen LogP contribution in [0.15, 0.2) is 59.3 Å². The van der Waals surface area contributed by atoms with Gasteiger partial charge in [0.15, 0.2) is 0 Å². The Morgan fingerprint density at radius 2 is 1.83 bits per heavy atom. The highest BCUT2D eigenvalue weighted by Crippen LogP contribution is 2.38. The molecule has 1 aliphatic rings. The topological polar surface area (TPSA) is 68.1 Å². The van der Waals surface area contributed by atoms with Gasteiger partial charge in [-0.2, -0.15) is 0 Å². The van der Waals surface area contributed by atoms with Crippen LogP contribution in [0.5, 0.6) is 5.75 Å². The van der Waals surface area contributed by atoms with Crippen LogP contribution in [0.25, 0.3) is 5.57 Å². The van der Waals surface area contributed by atoms with Crippen LogP contribution < -0.4 is 4.74 Å². The first-order valence-corrected chi connectivity index (χ1v) is 10.4.